The first-order valence-electron chi connectivity index (χ1n) is 14.1. The zero-order valence-corrected chi connectivity index (χ0v) is 26.0. The minimum Gasteiger partial charge on any atom is -0.478 e. The van der Waals surface area contributed by atoms with Crippen molar-refractivity contribution in [2.45, 2.75) is 13.5 Å². The minimum absolute atomic E-state index is 0.0227. The molecule has 4 aromatic heterocycles. The number of carboxylic acid groups (broad SMARTS) is 2. The summed E-state index contributed by atoms with van der Waals surface area (Å²) in [6.07, 6.45) is 5.95. The normalized spacial score (nSPS) is 10.8. The number of aryl methyl sites for hydroxylation is 1. The first-order valence-corrected chi connectivity index (χ1v) is 15.0. The maximum absolute atomic E-state index is 14.9. The molecule has 1 amide bonds. The van der Waals surface area contributed by atoms with Crippen molar-refractivity contribution in [2.24, 2.45) is 0 Å². The van der Waals surface area contributed by atoms with Crippen molar-refractivity contribution >= 4 is 51.3 Å². The topological polar surface area (TPSA) is 205 Å². The number of benzene rings is 2. The number of halogens is 2. The number of rotatable bonds is 9. The van der Waals surface area contributed by atoms with E-state index < -0.39 is 34.8 Å². The zero-order chi connectivity index (χ0) is 35.1. The molecule has 2 aromatic carbocycles. The maximum Gasteiger partial charge on any atom is 0.328 e. The number of hydrogen-bond donors (Lipinski definition) is 5. The molecule has 248 valence electrons. The molecule has 4 heterocycles. The SMILES string of the molecule is Cc1ccc(C(=O)Nc2nccs2)cc1-c1nc(NCc2ncc[nH]2)nc2c1ccc(=O)n2-c1c(F)cccc1F.O=C(O)C=CC(=O)O. The van der Waals surface area contributed by atoms with Crippen LogP contribution in [0.2, 0.25) is 0 Å². The van der Waals surface area contributed by atoms with Crippen LogP contribution in [0.25, 0.3) is 28.0 Å². The van der Waals surface area contributed by atoms with Crippen LogP contribution in [-0.4, -0.2) is 57.5 Å². The lowest BCUT2D eigenvalue weighted by Crippen LogP contribution is -2.21. The number of thiazole rings is 1. The number of imidazole rings is 1. The summed E-state index contributed by atoms with van der Waals surface area (Å²) in [7, 11) is 0. The molecule has 0 aliphatic carbocycles. The molecule has 0 unspecified atom stereocenters. The van der Waals surface area contributed by atoms with Gasteiger partial charge in [-0.25, -0.2) is 33.3 Å². The minimum atomic E-state index is -1.26. The van der Waals surface area contributed by atoms with Gasteiger partial charge >= 0.3 is 11.9 Å². The molecule has 5 N–H and O–H groups in total. The predicted octanol–water partition coefficient (Wildman–Crippen LogP) is 4.79. The molecule has 49 heavy (non-hydrogen) atoms. The van der Waals surface area contributed by atoms with E-state index in [0.717, 1.165) is 22.3 Å². The quantitative estimate of drug-likeness (QED) is 0.131. The summed E-state index contributed by atoms with van der Waals surface area (Å²) in [5, 5.41) is 24.0. The van der Waals surface area contributed by atoms with E-state index in [-0.39, 0.29) is 24.0 Å². The molecule has 0 fully saturated rings. The monoisotopic (exact) mass is 686 g/mol. The molecule has 0 radical (unpaired) electrons. The largest absolute Gasteiger partial charge is 0.478 e. The number of carboxylic acids is 2. The fraction of sp³-hybridized carbons (Fsp3) is 0.0625. The maximum atomic E-state index is 14.9. The number of pyridine rings is 1. The summed E-state index contributed by atoms with van der Waals surface area (Å²) < 4.78 is 30.8. The van der Waals surface area contributed by atoms with Crippen molar-refractivity contribution in [1.82, 2.24) is 29.5 Å². The van der Waals surface area contributed by atoms with Gasteiger partial charge in [-0.05, 0) is 42.8 Å². The Labute approximate surface area is 278 Å². The van der Waals surface area contributed by atoms with Crippen LogP contribution in [0, 0.1) is 18.6 Å². The molecule has 0 bridgehead atoms. The van der Waals surface area contributed by atoms with Crippen LogP contribution in [-0.2, 0) is 16.1 Å². The molecular weight excluding hydrogens is 662 g/mol. The fourth-order valence-corrected chi connectivity index (χ4v) is 5.01. The highest BCUT2D eigenvalue weighted by molar-refractivity contribution is 7.13. The van der Waals surface area contributed by atoms with Gasteiger partial charge in [0.15, 0.2) is 10.8 Å². The van der Waals surface area contributed by atoms with Gasteiger partial charge in [-0.2, -0.15) is 4.98 Å². The number of hydrogen-bond acceptors (Lipinski definition) is 10. The van der Waals surface area contributed by atoms with Gasteiger partial charge in [0.2, 0.25) is 5.95 Å². The highest BCUT2D eigenvalue weighted by Gasteiger charge is 2.21. The number of fused-ring (bicyclic) bond motifs is 1. The van der Waals surface area contributed by atoms with E-state index in [1.54, 1.807) is 42.2 Å². The second kappa shape index (κ2) is 14.9. The molecule has 6 rings (SSSR count). The number of carbonyl (C=O) groups is 3. The van der Waals surface area contributed by atoms with E-state index in [9.17, 15) is 28.0 Å². The molecule has 0 aliphatic rings. The summed E-state index contributed by atoms with van der Waals surface area (Å²) >= 11 is 1.29. The third-order valence-corrected chi connectivity index (χ3v) is 7.34. The van der Waals surface area contributed by atoms with Crippen LogP contribution < -0.4 is 16.2 Å². The number of para-hydroxylation sites is 1. The average Bonchev–Trinajstić information content (AvgIpc) is 3.79. The van der Waals surface area contributed by atoms with Gasteiger partial charge in [0.25, 0.3) is 11.5 Å². The first-order chi connectivity index (χ1) is 23.5. The van der Waals surface area contributed by atoms with Crippen LogP contribution in [0.15, 0.2) is 89.4 Å². The molecule has 6 aromatic rings. The number of nitrogens with one attached hydrogen (secondary N) is 3. The number of amides is 1. The Kier molecular flexibility index (Phi) is 10.2. The van der Waals surface area contributed by atoms with Gasteiger partial charge in [-0.15, -0.1) is 11.3 Å². The third-order valence-electron chi connectivity index (χ3n) is 6.66. The van der Waals surface area contributed by atoms with Crippen LogP contribution in [0.4, 0.5) is 19.9 Å². The summed E-state index contributed by atoms with van der Waals surface area (Å²) in [5.74, 6) is -4.07. The lowest BCUT2D eigenvalue weighted by molar-refractivity contribution is -0.134. The number of carbonyl (C=O) groups excluding carboxylic acids is 1. The summed E-state index contributed by atoms with van der Waals surface area (Å²) in [6.45, 7) is 2.05. The van der Waals surface area contributed by atoms with Gasteiger partial charge in [0.1, 0.15) is 23.1 Å². The Bertz CT molecular complexity index is 2220. The standard InChI is InChI=1S/C28H20F2N8O2S.C4H4O4/c1-15-5-6-16(26(40)37-28-33-11-12-41-28)13-18(15)23-17-7-8-22(39)38(24-19(29)3-2-4-20(24)30)25(17)36-27(35-23)34-14-21-31-9-10-32-21;5-3(6)1-2-4(7)8/h2-13H,14H2,1H3,(H,31,32)(H,33,37,40)(H,34,35,36);1-2H,(H,5,6)(H,7,8). The highest BCUT2D eigenvalue weighted by Crippen LogP contribution is 2.32. The van der Waals surface area contributed by atoms with E-state index in [1.165, 1.54) is 29.5 Å². The molecule has 14 nitrogen and oxygen atoms in total. The van der Waals surface area contributed by atoms with Gasteiger partial charge in [-0.1, -0.05) is 12.1 Å². The lowest BCUT2D eigenvalue weighted by Gasteiger charge is -2.16. The average molecular weight is 687 g/mol. The third kappa shape index (κ3) is 8.03. The van der Waals surface area contributed by atoms with Crippen molar-refractivity contribution in [3.63, 3.8) is 0 Å². The summed E-state index contributed by atoms with van der Waals surface area (Å²) in [6, 6.07) is 11.1. The molecule has 0 saturated carbocycles. The number of aromatic nitrogens is 6. The van der Waals surface area contributed by atoms with Crippen molar-refractivity contribution in [3.8, 4) is 16.9 Å². The Balaban J connectivity index is 0.000000523. The Morgan fingerprint density at radius 3 is 2.35 bits per heavy atom. The smallest absolute Gasteiger partial charge is 0.328 e. The molecule has 0 atom stereocenters. The molecular formula is C32H24F2N8O6S. The number of aliphatic carboxylic acids is 2. The summed E-state index contributed by atoms with van der Waals surface area (Å²) in [4.78, 5) is 65.6. The lowest BCUT2D eigenvalue weighted by atomic mass is 9.99. The number of aromatic amines is 1. The first kappa shape index (κ1) is 33.7. The van der Waals surface area contributed by atoms with Crippen molar-refractivity contribution in [3.05, 3.63) is 124 Å². The molecule has 0 aliphatic heterocycles. The zero-order valence-electron chi connectivity index (χ0n) is 25.2. The molecule has 0 saturated heterocycles. The van der Waals surface area contributed by atoms with Crippen molar-refractivity contribution < 1.29 is 33.4 Å². The Hall–Kier alpha value is -6.62. The van der Waals surface area contributed by atoms with Gasteiger partial charge in [0, 0.05) is 58.7 Å². The number of H-pyrrole nitrogens is 1. The van der Waals surface area contributed by atoms with Gasteiger partial charge < -0.3 is 20.5 Å². The second-order valence-electron chi connectivity index (χ2n) is 9.93. The van der Waals surface area contributed by atoms with E-state index in [1.807, 2.05) is 6.92 Å². The highest BCUT2D eigenvalue weighted by atomic mass is 32.1. The van der Waals surface area contributed by atoms with Crippen molar-refractivity contribution in [2.75, 3.05) is 10.6 Å². The van der Waals surface area contributed by atoms with Crippen molar-refractivity contribution in [1.29, 1.82) is 0 Å². The van der Waals surface area contributed by atoms with E-state index in [4.69, 9.17) is 15.2 Å². The van der Waals surface area contributed by atoms with E-state index in [0.29, 0.717) is 45.3 Å². The predicted molar refractivity (Wildman–Crippen MR) is 176 cm³/mol. The number of nitrogens with zero attached hydrogens (tertiary/aromatic N) is 5. The fourth-order valence-electron chi connectivity index (χ4n) is 4.49. The summed E-state index contributed by atoms with van der Waals surface area (Å²) in [5.41, 5.74) is 0.752. The molecule has 17 heteroatoms. The van der Waals surface area contributed by atoms with Gasteiger partial charge in [-0.3, -0.25) is 19.5 Å². The van der Waals surface area contributed by atoms with E-state index >= 15 is 0 Å². The Morgan fingerprint density at radius 2 is 1.71 bits per heavy atom. The van der Waals surface area contributed by atoms with Gasteiger partial charge in [0.05, 0.1) is 12.2 Å². The Morgan fingerprint density at radius 1 is 0.980 bits per heavy atom. The van der Waals surface area contributed by atoms with Crippen LogP contribution in [0.1, 0.15) is 21.7 Å². The second-order valence-corrected chi connectivity index (χ2v) is 10.8. The van der Waals surface area contributed by atoms with E-state index in [2.05, 4.69) is 30.6 Å². The molecule has 0 spiro atoms. The van der Waals surface area contributed by atoms with Crippen LogP contribution in [0.5, 0.6) is 0 Å². The van der Waals surface area contributed by atoms with Crippen LogP contribution in [0.3, 0.4) is 0 Å². The number of anilines is 2. The van der Waals surface area contributed by atoms with Crippen LogP contribution >= 0.6 is 11.3 Å².